The lowest BCUT2D eigenvalue weighted by Crippen LogP contribution is -2.32. The molecular weight excluding hydrogens is 286 g/mol. The lowest BCUT2D eigenvalue weighted by molar-refractivity contribution is 0.318. The Hall–Kier alpha value is -2.15. The van der Waals surface area contributed by atoms with Crippen molar-refractivity contribution in [1.82, 2.24) is 9.97 Å². The van der Waals surface area contributed by atoms with Gasteiger partial charge in [-0.25, -0.2) is 9.97 Å². The maximum absolute atomic E-state index is 8.78. The molecule has 0 amide bonds. The summed E-state index contributed by atoms with van der Waals surface area (Å²) in [6.07, 6.45) is 0.921. The molecule has 3 N–H and O–H groups in total. The van der Waals surface area contributed by atoms with Crippen molar-refractivity contribution in [2.45, 2.75) is 26.3 Å². The minimum atomic E-state index is -0.0129. The van der Waals surface area contributed by atoms with Gasteiger partial charge in [0, 0.05) is 30.1 Å². The third-order valence-electron chi connectivity index (χ3n) is 3.27. The molecule has 2 aromatic rings. The van der Waals surface area contributed by atoms with Gasteiger partial charge in [-0.3, -0.25) is 0 Å². The van der Waals surface area contributed by atoms with Crippen molar-refractivity contribution in [3.63, 3.8) is 0 Å². The zero-order valence-corrected chi connectivity index (χ0v) is 13.1. The fourth-order valence-corrected chi connectivity index (χ4v) is 2.77. The van der Waals surface area contributed by atoms with E-state index >= 15 is 0 Å². The van der Waals surface area contributed by atoms with E-state index in [1.807, 2.05) is 24.9 Å². The minimum absolute atomic E-state index is 0.0129. The molecule has 0 aromatic carbocycles. The van der Waals surface area contributed by atoms with Gasteiger partial charge in [-0.2, -0.15) is 0 Å². The van der Waals surface area contributed by atoms with Gasteiger partial charge in [0.25, 0.3) is 0 Å². The van der Waals surface area contributed by atoms with Gasteiger partial charge in [-0.15, -0.1) is 11.3 Å². The molecule has 0 spiro atoms. The quantitative estimate of drug-likeness (QED) is 0.382. The number of nitrogens with zero attached hydrogens (tertiary/aromatic N) is 4. The van der Waals surface area contributed by atoms with Gasteiger partial charge in [-0.1, -0.05) is 11.2 Å². The molecule has 0 fully saturated rings. The average molecular weight is 305 g/mol. The highest BCUT2D eigenvalue weighted by Crippen LogP contribution is 2.17. The summed E-state index contributed by atoms with van der Waals surface area (Å²) in [6, 6.07) is 6.10. The molecule has 0 aliphatic carbocycles. The first-order valence-corrected chi connectivity index (χ1v) is 7.48. The Morgan fingerprint density at radius 2 is 2.29 bits per heavy atom. The van der Waals surface area contributed by atoms with Crippen LogP contribution in [-0.2, 0) is 6.42 Å². The van der Waals surface area contributed by atoms with Crippen LogP contribution in [0.25, 0.3) is 0 Å². The van der Waals surface area contributed by atoms with E-state index in [0.29, 0.717) is 11.6 Å². The van der Waals surface area contributed by atoms with Crippen LogP contribution in [0.1, 0.15) is 23.2 Å². The van der Waals surface area contributed by atoms with E-state index in [1.54, 1.807) is 17.4 Å². The molecule has 0 aliphatic heterocycles. The fourth-order valence-electron chi connectivity index (χ4n) is 1.95. The molecule has 0 radical (unpaired) electrons. The standard InChI is InChI=1S/C14H19N5OS/c1-9-7-12(13(15)18-20)17-14(16-9)19(3)10(2)8-11-5-4-6-21-11/h4-7,10,20H,8H2,1-3H3,(H2,15,18). The number of hydrogen-bond donors (Lipinski definition) is 2. The van der Waals surface area contributed by atoms with Crippen molar-refractivity contribution < 1.29 is 5.21 Å². The number of aryl methyl sites for hydroxylation is 1. The van der Waals surface area contributed by atoms with Gasteiger partial charge in [0.2, 0.25) is 5.95 Å². The van der Waals surface area contributed by atoms with Gasteiger partial charge < -0.3 is 15.8 Å². The normalized spacial score (nSPS) is 13.2. The van der Waals surface area contributed by atoms with Crippen LogP contribution in [0.5, 0.6) is 0 Å². The third-order valence-corrected chi connectivity index (χ3v) is 4.16. The van der Waals surface area contributed by atoms with E-state index in [9.17, 15) is 0 Å². The number of hydrogen-bond acceptors (Lipinski definition) is 6. The van der Waals surface area contributed by atoms with Crippen LogP contribution in [0.15, 0.2) is 28.7 Å². The van der Waals surface area contributed by atoms with Gasteiger partial charge in [-0.05, 0) is 31.4 Å². The summed E-state index contributed by atoms with van der Waals surface area (Å²) in [5.74, 6) is 0.557. The molecule has 1 unspecified atom stereocenters. The van der Waals surface area contributed by atoms with Crippen molar-refractivity contribution >= 4 is 23.1 Å². The lowest BCUT2D eigenvalue weighted by atomic mass is 10.2. The highest BCUT2D eigenvalue weighted by molar-refractivity contribution is 7.09. The van der Waals surface area contributed by atoms with Crippen LogP contribution in [0.4, 0.5) is 5.95 Å². The number of amidine groups is 1. The number of aromatic nitrogens is 2. The molecule has 21 heavy (non-hydrogen) atoms. The van der Waals surface area contributed by atoms with Crippen LogP contribution >= 0.6 is 11.3 Å². The summed E-state index contributed by atoms with van der Waals surface area (Å²) in [6.45, 7) is 3.98. The van der Waals surface area contributed by atoms with E-state index < -0.39 is 0 Å². The second kappa shape index (κ2) is 6.53. The number of oxime groups is 1. The molecule has 6 nitrogen and oxygen atoms in total. The Bertz CT molecular complexity index is 626. The molecule has 2 heterocycles. The number of anilines is 1. The highest BCUT2D eigenvalue weighted by Gasteiger charge is 2.16. The molecule has 0 bridgehead atoms. The number of nitrogens with two attached hydrogens (primary N) is 1. The van der Waals surface area contributed by atoms with E-state index in [2.05, 4.69) is 33.5 Å². The lowest BCUT2D eigenvalue weighted by Gasteiger charge is -2.25. The molecule has 0 saturated heterocycles. The summed E-state index contributed by atoms with van der Waals surface area (Å²) in [7, 11) is 1.95. The van der Waals surface area contributed by atoms with Gasteiger partial charge in [0.15, 0.2) is 5.84 Å². The maximum Gasteiger partial charge on any atom is 0.226 e. The Labute approximate surface area is 128 Å². The smallest absolute Gasteiger partial charge is 0.226 e. The summed E-state index contributed by atoms with van der Waals surface area (Å²) in [5, 5.41) is 13.8. The average Bonchev–Trinajstić information content (AvgIpc) is 2.97. The van der Waals surface area contributed by atoms with Crippen LogP contribution in [0.3, 0.4) is 0 Å². The van der Waals surface area contributed by atoms with Crippen molar-refractivity contribution in [2.24, 2.45) is 10.9 Å². The first-order valence-electron chi connectivity index (χ1n) is 6.60. The molecule has 7 heteroatoms. The van der Waals surface area contributed by atoms with Gasteiger partial charge in [0.1, 0.15) is 5.69 Å². The second-order valence-corrected chi connectivity index (χ2v) is 5.96. The SMILES string of the molecule is Cc1cc(/C(N)=N/O)nc(N(C)C(C)Cc2cccs2)n1. The van der Waals surface area contributed by atoms with Crippen LogP contribution in [0.2, 0.25) is 0 Å². The predicted octanol–water partition coefficient (Wildman–Crippen LogP) is 2.01. The predicted molar refractivity (Wildman–Crippen MR) is 85.2 cm³/mol. The van der Waals surface area contributed by atoms with Crippen LogP contribution in [-0.4, -0.2) is 34.1 Å². The van der Waals surface area contributed by atoms with E-state index in [0.717, 1.165) is 12.1 Å². The Kier molecular flexibility index (Phi) is 4.74. The van der Waals surface area contributed by atoms with Crippen molar-refractivity contribution in [3.05, 3.63) is 39.8 Å². The number of thiophene rings is 1. The highest BCUT2D eigenvalue weighted by atomic mass is 32.1. The van der Waals surface area contributed by atoms with E-state index in [4.69, 9.17) is 10.9 Å². The minimum Gasteiger partial charge on any atom is -0.409 e. The fraction of sp³-hybridized carbons (Fsp3) is 0.357. The topological polar surface area (TPSA) is 87.6 Å². The zero-order chi connectivity index (χ0) is 15.4. The molecule has 1 atom stereocenters. The molecular formula is C14H19N5OS. The van der Waals surface area contributed by atoms with Crippen LogP contribution in [0, 0.1) is 6.92 Å². The number of rotatable bonds is 5. The zero-order valence-electron chi connectivity index (χ0n) is 12.3. The second-order valence-electron chi connectivity index (χ2n) is 4.92. The van der Waals surface area contributed by atoms with Gasteiger partial charge >= 0.3 is 0 Å². The molecule has 2 aromatic heterocycles. The van der Waals surface area contributed by atoms with Crippen molar-refractivity contribution in [2.75, 3.05) is 11.9 Å². The molecule has 0 saturated carbocycles. The van der Waals surface area contributed by atoms with E-state index in [-0.39, 0.29) is 11.9 Å². The van der Waals surface area contributed by atoms with Crippen molar-refractivity contribution in [3.8, 4) is 0 Å². The third kappa shape index (κ3) is 3.69. The van der Waals surface area contributed by atoms with Gasteiger partial charge in [0.05, 0.1) is 0 Å². The molecule has 112 valence electrons. The Morgan fingerprint density at radius 3 is 2.90 bits per heavy atom. The molecule has 2 rings (SSSR count). The largest absolute Gasteiger partial charge is 0.409 e. The maximum atomic E-state index is 8.78. The summed E-state index contributed by atoms with van der Waals surface area (Å²) in [4.78, 5) is 12.1. The summed E-state index contributed by atoms with van der Waals surface area (Å²) in [5.41, 5.74) is 6.81. The van der Waals surface area contributed by atoms with E-state index in [1.165, 1.54) is 4.88 Å². The Morgan fingerprint density at radius 1 is 1.52 bits per heavy atom. The molecule has 0 aliphatic rings. The summed E-state index contributed by atoms with van der Waals surface area (Å²) < 4.78 is 0. The van der Waals surface area contributed by atoms with Crippen LogP contribution < -0.4 is 10.6 Å². The first-order chi connectivity index (χ1) is 10.0. The number of likely N-dealkylation sites (N-methyl/N-ethyl adjacent to an activating group) is 1. The van der Waals surface area contributed by atoms with Crippen molar-refractivity contribution in [1.29, 1.82) is 0 Å². The Balaban J connectivity index is 2.22. The first kappa shape index (κ1) is 15.2. The monoisotopic (exact) mass is 305 g/mol. The summed E-state index contributed by atoms with van der Waals surface area (Å²) >= 11 is 1.74.